The molecule has 0 aliphatic carbocycles. The first-order valence-electron chi connectivity index (χ1n) is 5.61. The maximum Gasteiger partial charge on any atom is 0.416 e. The van der Waals surface area contributed by atoms with Crippen molar-refractivity contribution in [3.8, 4) is 0 Å². The molecule has 0 fully saturated rings. The number of aliphatic hydroxyl groups excluding tert-OH is 1. The number of halogens is 4. The lowest BCUT2D eigenvalue weighted by molar-refractivity contribution is -0.201. The first-order chi connectivity index (χ1) is 9.79. The number of imidazole rings is 1. The summed E-state index contributed by atoms with van der Waals surface area (Å²) in [6, 6.07) is 0. The van der Waals surface area contributed by atoms with Crippen molar-refractivity contribution in [3.05, 3.63) is 28.5 Å². The zero-order valence-corrected chi connectivity index (χ0v) is 11.8. The highest BCUT2D eigenvalue weighted by atomic mass is 35.5. The Morgan fingerprint density at radius 3 is 3.00 bits per heavy atom. The molecule has 2 N–H and O–H groups in total. The molecule has 1 amide bonds. The molecule has 0 aliphatic rings. The predicted octanol–water partition coefficient (Wildman–Crippen LogP) is 2.10. The maximum atomic E-state index is 12.1. The van der Waals surface area contributed by atoms with Crippen LogP contribution in [0.5, 0.6) is 0 Å². The smallest absolute Gasteiger partial charge is 0.382 e. The Hall–Kier alpha value is -1.58. The molecule has 5 nitrogen and oxygen atoms in total. The van der Waals surface area contributed by atoms with Gasteiger partial charge in [0.2, 0.25) is 5.91 Å². The van der Waals surface area contributed by atoms with E-state index in [0.29, 0.717) is 10.7 Å². The second-order valence-electron chi connectivity index (χ2n) is 3.98. The van der Waals surface area contributed by atoms with Crippen LogP contribution in [0.1, 0.15) is 5.69 Å². The summed E-state index contributed by atoms with van der Waals surface area (Å²) in [5.74, 6) is -0.778. The van der Waals surface area contributed by atoms with Crippen molar-refractivity contribution in [1.29, 1.82) is 0 Å². The van der Waals surface area contributed by atoms with E-state index >= 15 is 0 Å². The van der Waals surface area contributed by atoms with Gasteiger partial charge in [-0.3, -0.25) is 9.20 Å². The Kier molecular flexibility index (Phi) is 4.55. The van der Waals surface area contributed by atoms with Gasteiger partial charge in [-0.15, -0.1) is 11.3 Å². The van der Waals surface area contributed by atoms with Crippen molar-refractivity contribution >= 4 is 39.9 Å². The number of alkyl halides is 3. The molecule has 21 heavy (non-hydrogen) atoms. The minimum atomic E-state index is -4.77. The van der Waals surface area contributed by atoms with Crippen LogP contribution in [0, 0.1) is 0 Å². The largest absolute Gasteiger partial charge is 0.416 e. The monoisotopic (exact) mass is 339 g/mol. The third kappa shape index (κ3) is 3.74. The van der Waals surface area contributed by atoms with E-state index in [2.05, 4.69) is 4.98 Å². The number of carbonyl (C=O) groups is 1. The molecule has 0 saturated carbocycles. The van der Waals surface area contributed by atoms with Crippen molar-refractivity contribution in [1.82, 2.24) is 14.7 Å². The average molecular weight is 340 g/mol. The summed E-state index contributed by atoms with van der Waals surface area (Å²) < 4.78 is 37.8. The fraction of sp³-hybridized carbons (Fsp3) is 0.273. The second-order valence-corrected chi connectivity index (χ2v) is 5.21. The highest BCUT2D eigenvalue weighted by molar-refractivity contribution is 7.15. The van der Waals surface area contributed by atoms with Gasteiger partial charge in [0.1, 0.15) is 0 Å². The van der Waals surface area contributed by atoms with E-state index < -0.39 is 24.7 Å². The zero-order valence-electron chi connectivity index (χ0n) is 10.3. The molecule has 2 aromatic heterocycles. The number of fused-ring (bicyclic) bond motifs is 1. The number of thiazole rings is 1. The van der Waals surface area contributed by atoms with Crippen LogP contribution in [0.25, 0.3) is 11.0 Å². The van der Waals surface area contributed by atoms with Gasteiger partial charge in [0, 0.05) is 17.7 Å². The number of amides is 1. The number of carbonyl (C=O) groups excluding carboxylic acids is 1. The summed E-state index contributed by atoms with van der Waals surface area (Å²) in [6.45, 7) is -0.916. The normalized spacial score (nSPS) is 14.0. The Balaban J connectivity index is 1.99. The second kappa shape index (κ2) is 6.04. The standard InChI is InChI=1S/C11H9ClF3N3O2S/c12-9-6(18-3-4-21-10(18)17-9)1-2-8(20)16-5-7(19)11(13,14)15/h1-4,7,19H,5H2,(H,16,20)/b2-1+. The third-order valence-electron chi connectivity index (χ3n) is 2.49. The van der Waals surface area contributed by atoms with Gasteiger partial charge >= 0.3 is 6.18 Å². The first kappa shape index (κ1) is 15.8. The van der Waals surface area contributed by atoms with Crippen molar-refractivity contribution < 1.29 is 23.1 Å². The molecule has 0 aliphatic heterocycles. The SMILES string of the molecule is O=C(/C=C/c1c(Cl)nc2sccn12)NCC(O)C(F)(F)F. The maximum absolute atomic E-state index is 12.1. The lowest BCUT2D eigenvalue weighted by atomic mass is 10.3. The number of aromatic nitrogens is 2. The van der Waals surface area contributed by atoms with E-state index in [1.807, 2.05) is 5.32 Å². The van der Waals surface area contributed by atoms with Gasteiger partial charge in [0.25, 0.3) is 0 Å². The van der Waals surface area contributed by atoms with E-state index in [4.69, 9.17) is 16.7 Å². The number of nitrogens with zero attached hydrogens (tertiary/aromatic N) is 2. The van der Waals surface area contributed by atoms with Gasteiger partial charge in [-0.1, -0.05) is 11.6 Å². The van der Waals surface area contributed by atoms with Gasteiger partial charge < -0.3 is 10.4 Å². The zero-order chi connectivity index (χ0) is 15.6. The molecule has 114 valence electrons. The molecule has 0 bridgehead atoms. The molecule has 0 saturated heterocycles. The molecule has 2 heterocycles. The van der Waals surface area contributed by atoms with E-state index in [0.717, 1.165) is 6.08 Å². The molecule has 2 aromatic rings. The molecular formula is C11H9ClF3N3O2S. The molecule has 2 rings (SSSR count). The molecule has 0 aromatic carbocycles. The fourth-order valence-electron chi connectivity index (χ4n) is 1.45. The summed E-state index contributed by atoms with van der Waals surface area (Å²) in [5.41, 5.74) is 0.444. The van der Waals surface area contributed by atoms with Crippen LogP contribution in [0.3, 0.4) is 0 Å². The Bertz CT molecular complexity index is 680. The fourth-order valence-corrected chi connectivity index (χ4v) is 2.46. The Morgan fingerprint density at radius 2 is 2.33 bits per heavy atom. The van der Waals surface area contributed by atoms with Crippen molar-refractivity contribution in [3.63, 3.8) is 0 Å². The van der Waals surface area contributed by atoms with Crippen LogP contribution in [0.2, 0.25) is 5.15 Å². The van der Waals surface area contributed by atoms with Crippen LogP contribution >= 0.6 is 22.9 Å². The first-order valence-corrected chi connectivity index (χ1v) is 6.86. The topological polar surface area (TPSA) is 66.6 Å². The highest BCUT2D eigenvalue weighted by Gasteiger charge is 2.38. The lowest BCUT2D eigenvalue weighted by Gasteiger charge is -2.14. The Labute approximate surface area is 125 Å². The third-order valence-corrected chi connectivity index (χ3v) is 3.53. The number of hydrogen-bond donors (Lipinski definition) is 2. The van der Waals surface area contributed by atoms with E-state index in [1.165, 1.54) is 17.4 Å². The molecule has 0 spiro atoms. The minimum absolute atomic E-state index is 0.182. The molecule has 0 radical (unpaired) electrons. The number of nitrogens with one attached hydrogen (secondary N) is 1. The summed E-state index contributed by atoms with van der Waals surface area (Å²) in [6.07, 6.45) is -3.31. The van der Waals surface area contributed by atoms with Crippen molar-refractivity contribution in [2.45, 2.75) is 12.3 Å². The summed E-state index contributed by atoms with van der Waals surface area (Å²) >= 11 is 7.23. The number of rotatable bonds is 4. The van der Waals surface area contributed by atoms with Crippen LogP contribution in [-0.4, -0.2) is 39.2 Å². The van der Waals surface area contributed by atoms with Gasteiger partial charge in [0.05, 0.1) is 12.2 Å². The van der Waals surface area contributed by atoms with Gasteiger partial charge in [-0.25, -0.2) is 4.98 Å². The predicted molar refractivity (Wildman–Crippen MR) is 72.2 cm³/mol. The van der Waals surface area contributed by atoms with Crippen molar-refractivity contribution in [2.75, 3.05) is 6.54 Å². The van der Waals surface area contributed by atoms with Gasteiger partial charge in [0.15, 0.2) is 16.2 Å². The summed E-state index contributed by atoms with van der Waals surface area (Å²) in [5, 5.41) is 12.6. The van der Waals surface area contributed by atoms with E-state index in [1.54, 1.807) is 16.0 Å². The molecular weight excluding hydrogens is 331 g/mol. The highest BCUT2D eigenvalue weighted by Crippen LogP contribution is 2.22. The summed E-state index contributed by atoms with van der Waals surface area (Å²) in [7, 11) is 0. The van der Waals surface area contributed by atoms with E-state index in [-0.39, 0.29) is 5.15 Å². The molecule has 10 heteroatoms. The minimum Gasteiger partial charge on any atom is -0.382 e. The van der Waals surface area contributed by atoms with Crippen molar-refractivity contribution in [2.24, 2.45) is 0 Å². The lowest BCUT2D eigenvalue weighted by Crippen LogP contribution is -2.40. The average Bonchev–Trinajstić information content (AvgIpc) is 2.93. The van der Waals surface area contributed by atoms with Crippen LogP contribution in [0.15, 0.2) is 17.7 Å². The number of hydrogen-bond acceptors (Lipinski definition) is 4. The van der Waals surface area contributed by atoms with Crippen LogP contribution in [-0.2, 0) is 4.79 Å². The Morgan fingerprint density at radius 1 is 1.62 bits per heavy atom. The van der Waals surface area contributed by atoms with E-state index in [9.17, 15) is 18.0 Å². The van der Waals surface area contributed by atoms with Gasteiger partial charge in [-0.2, -0.15) is 13.2 Å². The van der Waals surface area contributed by atoms with Crippen LogP contribution in [0.4, 0.5) is 13.2 Å². The number of aliphatic hydroxyl groups is 1. The van der Waals surface area contributed by atoms with Crippen LogP contribution < -0.4 is 5.32 Å². The summed E-state index contributed by atoms with van der Waals surface area (Å²) in [4.78, 5) is 16.1. The quantitative estimate of drug-likeness (QED) is 0.838. The molecule has 1 atom stereocenters. The van der Waals surface area contributed by atoms with Gasteiger partial charge in [-0.05, 0) is 6.08 Å². The molecule has 1 unspecified atom stereocenters.